The fourth-order valence-electron chi connectivity index (χ4n) is 2.84. The van der Waals surface area contributed by atoms with Crippen molar-refractivity contribution in [1.29, 1.82) is 0 Å². The Labute approximate surface area is 110 Å². The van der Waals surface area contributed by atoms with Gasteiger partial charge in [-0.15, -0.1) is 0 Å². The van der Waals surface area contributed by atoms with E-state index >= 15 is 0 Å². The summed E-state index contributed by atoms with van der Waals surface area (Å²) in [5.41, 5.74) is 0. The van der Waals surface area contributed by atoms with Crippen molar-refractivity contribution in [1.82, 2.24) is 20.0 Å². The van der Waals surface area contributed by atoms with Gasteiger partial charge in [0.25, 0.3) is 0 Å². The number of rotatable bonds is 3. The third-order valence-electron chi connectivity index (χ3n) is 4.34. The first-order valence-corrected chi connectivity index (χ1v) is 6.97. The van der Waals surface area contributed by atoms with Crippen LogP contribution in [-0.4, -0.2) is 86.1 Å². The summed E-state index contributed by atoms with van der Waals surface area (Å²) in [6, 6.07) is 1.16. The van der Waals surface area contributed by atoms with Crippen molar-refractivity contribution in [2.75, 3.05) is 53.4 Å². The fourth-order valence-corrected chi connectivity index (χ4v) is 2.84. The Morgan fingerprint density at radius 3 is 2.61 bits per heavy atom. The van der Waals surface area contributed by atoms with E-state index in [0.29, 0.717) is 18.6 Å². The molecule has 0 aromatic heterocycles. The molecule has 2 aliphatic rings. The zero-order valence-electron chi connectivity index (χ0n) is 11.9. The number of amides is 1. The van der Waals surface area contributed by atoms with Gasteiger partial charge in [-0.25, -0.2) is 0 Å². The van der Waals surface area contributed by atoms with Gasteiger partial charge in [-0.3, -0.25) is 9.69 Å². The van der Waals surface area contributed by atoms with Gasteiger partial charge in [-0.1, -0.05) is 0 Å². The van der Waals surface area contributed by atoms with Crippen molar-refractivity contribution < 1.29 is 4.79 Å². The van der Waals surface area contributed by atoms with Crippen LogP contribution in [0.25, 0.3) is 0 Å². The summed E-state index contributed by atoms with van der Waals surface area (Å²) in [4.78, 5) is 18.8. The Morgan fingerprint density at radius 1 is 1.39 bits per heavy atom. The van der Waals surface area contributed by atoms with Crippen LogP contribution in [-0.2, 0) is 4.79 Å². The van der Waals surface area contributed by atoms with Crippen LogP contribution in [0.15, 0.2) is 0 Å². The summed E-state index contributed by atoms with van der Waals surface area (Å²) in [7, 11) is 4.24. The minimum Gasteiger partial charge on any atom is -0.339 e. The lowest BCUT2D eigenvalue weighted by molar-refractivity contribution is -0.133. The maximum Gasteiger partial charge on any atom is 0.236 e. The van der Waals surface area contributed by atoms with Crippen LogP contribution in [0.4, 0.5) is 0 Å². The van der Waals surface area contributed by atoms with Crippen LogP contribution in [0.2, 0.25) is 0 Å². The van der Waals surface area contributed by atoms with E-state index in [9.17, 15) is 4.79 Å². The highest BCUT2D eigenvalue weighted by atomic mass is 16.2. The lowest BCUT2D eigenvalue weighted by atomic mass is 10.1. The van der Waals surface area contributed by atoms with Crippen molar-refractivity contribution in [3.63, 3.8) is 0 Å². The van der Waals surface area contributed by atoms with Gasteiger partial charge in [0.05, 0.1) is 6.54 Å². The standard InChI is InChI=1S/C13H26N4O/c1-11-8-12(9-15(11)2)16(3)10-13(18)17-6-4-14-5-7-17/h11-12,14H,4-10H2,1-3H3. The molecule has 0 saturated carbocycles. The molecular formula is C13H26N4O. The second-order valence-corrected chi connectivity index (χ2v) is 5.72. The molecule has 18 heavy (non-hydrogen) atoms. The molecule has 2 aliphatic heterocycles. The Kier molecular flexibility index (Phi) is 4.59. The fraction of sp³-hybridized carbons (Fsp3) is 0.923. The summed E-state index contributed by atoms with van der Waals surface area (Å²) in [6.45, 7) is 7.46. The molecular weight excluding hydrogens is 228 g/mol. The van der Waals surface area contributed by atoms with E-state index in [1.54, 1.807) is 0 Å². The molecule has 1 N–H and O–H groups in total. The van der Waals surface area contributed by atoms with E-state index in [2.05, 4.69) is 36.1 Å². The molecule has 0 aromatic rings. The third kappa shape index (κ3) is 3.22. The molecule has 0 aromatic carbocycles. The van der Waals surface area contributed by atoms with Gasteiger partial charge in [0.2, 0.25) is 5.91 Å². The first-order valence-electron chi connectivity index (χ1n) is 6.97. The summed E-state index contributed by atoms with van der Waals surface area (Å²) < 4.78 is 0. The highest BCUT2D eigenvalue weighted by Gasteiger charge is 2.30. The van der Waals surface area contributed by atoms with Gasteiger partial charge in [-0.05, 0) is 27.4 Å². The van der Waals surface area contributed by atoms with Crippen LogP contribution in [0.5, 0.6) is 0 Å². The monoisotopic (exact) mass is 254 g/mol. The molecule has 2 atom stereocenters. The number of hydrogen-bond acceptors (Lipinski definition) is 4. The van der Waals surface area contributed by atoms with Crippen molar-refractivity contribution in [3.8, 4) is 0 Å². The Balaban J connectivity index is 1.79. The molecule has 0 aliphatic carbocycles. The highest BCUT2D eigenvalue weighted by Crippen LogP contribution is 2.19. The maximum absolute atomic E-state index is 12.2. The number of piperazine rings is 1. The van der Waals surface area contributed by atoms with Gasteiger partial charge in [0.15, 0.2) is 0 Å². The van der Waals surface area contributed by atoms with E-state index in [1.807, 2.05) is 4.90 Å². The van der Waals surface area contributed by atoms with Gasteiger partial charge in [0.1, 0.15) is 0 Å². The summed E-state index contributed by atoms with van der Waals surface area (Å²) in [5.74, 6) is 0.279. The van der Waals surface area contributed by atoms with Crippen LogP contribution < -0.4 is 5.32 Å². The number of carbonyl (C=O) groups is 1. The number of likely N-dealkylation sites (N-methyl/N-ethyl adjacent to an activating group) is 2. The molecule has 2 saturated heterocycles. The Hall–Kier alpha value is -0.650. The second-order valence-electron chi connectivity index (χ2n) is 5.72. The van der Waals surface area contributed by atoms with E-state index in [1.165, 1.54) is 6.42 Å². The van der Waals surface area contributed by atoms with Crippen LogP contribution in [0, 0.1) is 0 Å². The van der Waals surface area contributed by atoms with Crippen LogP contribution in [0.1, 0.15) is 13.3 Å². The second kappa shape index (κ2) is 5.99. The summed E-state index contributed by atoms with van der Waals surface area (Å²) in [6.07, 6.45) is 1.17. The SMILES string of the molecule is CC1CC(N(C)CC(=O)N2CCNCC2)CN1C. The normalized spacial score (nSPS) is 30.1. The molecule has 2 heterocycles. The summed E-state index contributed by atoms with van der Waals surface area (Å²) in [5, 5.41) is 3.28. The van der Waals surface area contributed by atoms with E-state index in [0.717, 1.165) is 32.7 Å². The number of nitrogens with zero attached hydrogens (tertiary/aromatic N) is 3. The zero-order chi connectivity index (χ0) is 13.1. The number of carbonyl (C=O) groups excluding carboxylic acids is 1. The van der Waals surface area contributed by atoms with Gasteiger partial charge in [0, 0.05) is 44.8 Å². The quantitative estimate of drug-likeness (QED) is 0.733. The van der Waals surface area contributed by atoms with E-state index in [4.69, 9.17) is 0 Å². The van der Waals surface area contributed by atoms with Crippen molar-refractivity contribution in [3.05, 3.63) is 0 Å². The topological polar surface area (TPSA) is 38.8 Å². The molecule has 5 heteroatoms. The molecule has 0 radical (unpaired) electrons. The molecule has 104 valence electrons. The predicted molar refractivity (Wildman–Crippen MR) is 72.6 cm³/mol. The van der Waals surface area contributed by atoms with Crippen LogP contribution >= 0.6 is 0 Å². The predicted octanol–water partition coefficient (Wildman–Crippen LogP) is -0.557. The third-order valence-corrected chi connectivity index (χ3v) is 4.34. The maximum atomic E-state index is 12.2. The van der Waals surface area contributed by atoms with Gasteiger partial charge >= 0.3 is 0 Å². The molecule has 5 nitrogen and oxygen atoms in total. The minimum atomic E-state index is 0.279. The average Bonchev–Trinajstić information content (AvgIpc) is 2.71. The largest absolute Gasteiger partial charge is 0.339 e. The van der Waals surface area contributed by atoms with Crippen molar-refractivity contribution in [2.24, 2.45) is 0 Å². The molecule has 0 bridgehead atoms. The van der Waals surface area contributed by atoms with Crippen molar-refractivity contribution in [2.45, 2.75) is 25.4 Å². The van der Waals surface area contributed by atoms with Gasteiger partial charge < -0.3 is 15.1 Å². The Bertz CT molecular complexity index is 281. The smallest absolute Gasteiger partial charge is 0.236 e. The lowest BCUT2D eigenvalue weighted by Gasteiger charge is -2.31. The summed E-state index contributed by atoms with van der Waals surface area (Å²) >= 11 is 0. The molecule has 2 rings (SSSR count). The van der Waals surface area contributed by atoms with Crippen LogP contribution in [0.3, 0.4) is 0 Å². The van der Waals surface area contributed by atoms with Gasteiger partial charge in [-0.2, -0.15) is 0 Å². The first-order chi connectivity index (χ1) is 8.58. The molecule has 2 fully saturated rings. The average molecular weight is 254 g/mol. The van der Waals surface area contributed by atoms with Crippen molar-refractivity contribution >= 4 is 5.91 Å². The number of nitrogens with one attached hydrogen (secondary N) is 1. The first kappa shape index (κ1) is 13.8. The minimum absolute atomic E-state index is 0.279. The molecule has 0 spiro atoms. The molecule has 2 unspecified atom stereocenters. The zero-order valence-corrected chi connectivity index (χ0v) is 11.9. The lowest BCUT2D eigenvalue weighted by Crippen LogP contribution is -2.50. The van der Waals surface area contributed by atoms with E-state index < -0.39 is 0 Å². The number of hydrogen-bond donors (Lipinski definition) is 1. The Morgan fingerprint density at radius 2 is 2.06 bits per heavy atom. The highest BCUT2D eigenvalue weighted by molar-refractivity contribution is 5.78. The van der Waals surface area contributed by atoms with E-state index in [-0.39, 0.29) is 5.91 Å². The number of likely N-dealkylation sites (tertiary alicyclic amines) is 1. The molecule has 1 amide bonds.